The summed E-state index contributed by atoms with van der Waals surface area (Å²) in [6.07, 6.45) is 4.23. The number of H-pyrrole nitrogens is 1. The summed E-state index contributed by atoms with van der Waals surface area (Å²) in [5, 5.41) is 2.70. The van der Waals surface area contributed by atoms with Gasteiger partial charge in [0, 0.05) is 39.6 Å². The van der Waals surface area contributed by atoms with Crippen LogP contribution in [0.4, 0.5) is 0 Å². The zero-order chi connectivity index (χ0) is 19.8. The van der Waals surface area contributed by atoms with E-state index in [9.17, 15) is 4.79 Å². The average molecular weight is 419 g/mol. The van der Waals surface area contributed by atoms with Crippen LogP contribution in [-0.2, 0) is 13.0 Å². The van der Waals surface area contributed by atoms with Crippen LogP contribution in [0.1, 0.15) is 22.1 Å². The third-order valence-corrected chi connectivity index (χ3v) is 6.73. The summed E-state index contributed by atoms with van der Waals surface area (Å²) in [6.45, 7) is 2.81. The molecule has 0 aliphatic heterocycles. The lowest BCUT2D eigenvalue weighted by atomic mass is 10.2. The van der Waals surface area contributed by atoms with Gasteiger partial charge in [0.1, 0.15) is 16.5 Å². The molecular formula is C22H18N4OS2. The lowest BCUT2D eigenvalue weighted by molar-refractivity contribution is 0.728. The van der Waals surface area contributed by atoms with Crippen LogP contribution in [-0.4, -0.2) is 19.5 Å². The Bertz CT molecular complexity index is 1340. The number of nitrogens with zero attached hydrogens (tertiary/aromatic N) is 3. The van der Waals surface area contributed by atoms with E-state index in [4.69, 9.17) is 4.98 Å². The Labute approximate surface area is 175 Å². The Morgan fingerprint density at radius 3 is 2.79 bits per heavy atom. The minimum absolute atomic E-state index is 0.0894. The maximum atomic E-state index is 12.9. The lowest BCUT2D eigenvalue weighted by Gasteiger charge is -2.08. The molecule has 4 heterocycles. The van der Waals surface area contributed by atoms with Crippen molar-refractivity contribution in [3.8, 4) is 10.4 Å². The quantitative estimate of drug-likeness (QED) is 0.443. The highest BCUT2D eigenvalue weighted by atomic mass is 32.1. The van der Waals surface area contributed by atoms with E-state index in [1.807, 2.05) is 29.8 Å². The SMILES string of the molecule is Cc1ccc(-c2csc3nc(Cc4nccn4Cc4ccccc4)[nH]c(=O)c23)s1. The van der Waals surface area contributed by atoms with Gasteiger partial charge in [0.2, 0.25) is 0 Å². The largest absolute Gasteiger partial charge is 0.330 e. The van der Waals surface area contributed by atoms with Crippen molar-refractivity contribution in [2.45, 2.75) is 19.9 Å². The standard InChI is InChI=1S/C22H18N4OS2/c1-14-7-8-17(29-14)16-13-28-22-20(16)21(27)24-18(25-22)11-19-23-9-10-26(19)12-15-5-3-2-4-6-15/h2-10,13H,11-12H2,1H3,(H,24,25,27). The molecule has 0 spiro atoms. The number of aryl methyl sites for hydroxylation is 1. The van der Waals surface area contributed by atoms with Crippen LogP contribution in [0.15, 0.2) is 65.0 Å². The molecule has 5 nitrogen and oxygen atoms in total. The molecule has 0 aliphatic rings. The van der Waals surface area contributed by atoms with E-state index in [2.05, 4.69) is 45.7 Å². The molecule has 29 heavy (non-hydrogen) atoms. The first kappa shape index (κ1) is 18.0. The summed E-state index contributed by atoms with van der Waals surface area (Å²) in [5.41, 5.74) is 2.08. The summed E-state index contributed by atoms with van der Waals surface area (Å²) < 4.78 is 2.09. The van der Waals surface area contributed by atoms with E-state index in [1.54, 1.807) is 17.5 Å². The fourth-order valence-corrected chi connectivity index (χ4v) is 5.34. The monoisotopic (exact) mass is 418 g/mol. The fraction of sp³-hybridized carbons (Fsp3) is 0.136. The van der Waals surface area contributed by atoms with Crippen LogP contribution in [0.3, 0.4) is 0 Å². The smallest absolute Gasteiger partial charge is 0.260 e. The minimum atomic E-state index is -0.0894. The van der Waals surface area contributed by atoms with Crippen LogP contribution >= 0.6 is 22.7 Å². The summed E-state index contributed by atoms with van der Waals surface area (Å²) >= 11 is 3.21. The summed E-state index contributed by atoms with van der Waals surface area (Å²) in [4.78, 5) is 28.1. The van der Waals surface area contributed by atoms with E-state index in [1.165, 1.54) is 21.8 Å². The van der Waals surface area contributed by atoms with Gasteiger partial charge >= 0.3 is 0 Å². The number of thiophene rings is 2. The summed E-state index contributed by atoms with van der Waals surface area (Å²) in [6, 6.07) is 14.4. The molecular weight excluding hydrogens is 400 g/mol. The highest BCUT2D eigenvalue weighted by Gasteiger charge is 2.15. The van der Waals surface area contributed by atoms with Crippen molar-refractivity contribution in [3.63, 3.8) is 0 Å². The number of aromatic nitrogens is 4. The van der Waals surface area contributed by atoms with Crippen molar-refractivity contribution >= 4 is 32.9 Å². The van der Waals surface area contributed by atoms with E-state index >= 15 is 0 Å². The highest BCUT2D eigenvalue weighted by Crippen LogP contribution is 2.35. The number of hydrogen-bond acceptors (Lipinski definition) is 5. The molecule has 5 aromatic rings. The number of aromatic amines is 1. The van der Waals surface area contributed by atoms with Gasteiger partial charge in [0.15, 0.2) is 0 Å². The van der Waals surface area contributed by atoms with Gasteiger partial charge < -0.3 is 9.55 Å². The van der Waals surface area contributed by atoms with Gasteiger partial charge in [-0.2, -0.15) is 0 Å². The van der Waals surface area contributed by atoms with Crippen LogP contribution in [0, 0.1) is 6.92 Å². The van der Waals surface area contributed by atoms with Crippen LogP contribution < -0.4 is 5.56 Å². The van der Waals surface area contributed by atoms with Gasteiger partial charge in [-0.25, -0.2) is 9.97 Å². The molecule has 0 unspecified atom stereocenters. The average Bonchev–Trinajstić information content (AvgIpc) is 3.43. The number of nitrogens with one attached hydrogen (secondary N) is 1. The zero-order valence-corrected chi connectivity index (χ0v) is 17.4. The van der Waals surface area contributed by atoms with Crippen LogP contribution in [0.2, 0.25) is 0 Å². The van der Waals surface area contributed by atoms with Gasteiger partial charge in [-0.15, -0.1) is 22.7 Å². The topological polar surface area (TPSA) is 63.6 Å². The Morgan fingerprint density at radius 1 is 1.14 bits per heavy atom. The Kier molecular flexibility index (Phi) is 4.61. The van der Waals surface area contributed by atoms with Crippen molar-refractivity contribution in [1.82, 2.24) is 19.5 Å². The molecule has 144 valence electrons. The first-order chi connectivity index (χ1) is 14.2. The molecule has 0 bridgehead atoms. The van der Waals surface area contributed by atoms with E-state index in [0.29, 0.717) is 17.6 Å². The molecule has 0 radical (unpaired) electrons. The maximum Gasteiger partial charge on any atom is 0.260 e. The van der Waals surface area contributed by atoms with Gasteiger partial charge in [0.25, 0.3) is 5.56 Å². The molecule has 0 amide bonds. The van der Waals surface area contributed by atoms with Crippen LogP contribution in [0.25, 0.3) is 20.7 Å². The van der Waals surface area contributed by atoms with Crippen molar-refractivity contribution < 1.29 is 0 Å². The second kappa shape index (κ2) is 7.42. The normalized spacial score (nSPS) is 11.3. The number of rotatable bonds is 5. The lowest BCUT2D eigenvalue weighted by Crippen LogP contribution is -2.13. The van der Waals surface area contributed by atoms with Crippen molar-refractivity contribution in [2.75, 3.05) is 0 Å². The molecule has 0 saturated heterocycles. The zero-order valence-electron chi connectivity index (χ0n) is 15.8. The second-order valence-corrected chi connectivity index (χ2v) is 9.03. The molecule has 1 aromatic carbocycles. The molecule has 4 aromatic heterocycles. The van der Waals surface area contributed by atoms with Gasteiger partial charge in [-0.1, -0.05) is 30.3 Å². The van der Waals surface area contributed by atoms with Gasteiger partial charge in [0.05, 0.1) is 11.8 Å². The minimum Gasteiger partial charge on any atom is -0.330 e. The molecule has 5 rings (SSSR count). The predicted octanol–water partition coefficient (Wildman–Crippen LogP) is 4.86. The Hall–Kier alpha value is -3.03. The van der Waals surface area contributed by atoms with Crippen LogP contribution in [0.5, 0.6) is 0 Å². The molecule has 0 saturated carbocycles. The highest BCUT2D eigenvalue weighted by molar-refractivity contribution is 7.19. The van der Waals surface area contributed by atoms with E-state index < -0.39 is 0 Å². The van der Waals surface area contributed by atoms with Crippen molar-refractivity contribution in [1.29, 1.82) is 0 Å². The number of imidazole rings is 1. The van der Waals surface area contributed by atoms with E-state index in [0.717, 1.165) is 27.6 Å². The van der Waals surface area contributed by atoms with Gasteiger partial charge in [-0.3, -0.25) is 4.79 Å². The first-order valence-corrected chi connectivity index (χ1v) is 11.0. The number of hydrogen-bond donors (Lipinski definition) is 1. The Morgan fingerprint density at radius 2 is 2.00 bits per heavy atom. The predicted molar refractivity (Wildman–Crippen MR) is 119 cm³/mol. The fourth-order valence-electron chi connectivity index (χ4n) is 3.42. The number of fused-ring (bicyclic) bond motifs is 1. The summed E-state index contributed by atoms with van der Waals surface area (Å²) in [5.74, 6) is 1.51. The molecule has 0 aliphatic carbocycles. The molecule has 1 N–H and O–H groups in total. The van der Waals surface area contributed by atoms with Gasteiger partial charge in [-0.05, 0) is 24.6 Å². The third-order valence-electron chi connectivity index (χ3n) is 4.82. The first-order valence-electron chi connectivity index (χ1n) is 9.28. The Balaban J connectivity index is 1.47. The number of benzene rings is 1. The van der Waals surface area contributed by atoms with Crippen molar-refractivity contribution in [2.24, 2.45) is 0 Å². The molecule has 0 atom stereocenters. The summed E-state index contributed by atoms with van der Waals surface area (Å²) in [7, 11) is 0. The third kappa shape index (κ3) is 3.54. The molecule has 0 fully saturated rings. The second-order valence-electron chi connectivity index (χ2n) is 6.89. The van der Waals surface area contributed by atoms with Crippen molar-refractivity contribution in [3.05, 3.63) is 92.7 Å². The molecule has 7 heteroatoms. The van der Waals surface area contributed by atoms with E-state index in [-0.39, 0.29) is 5.56 Å². The maximum absolute atomic E-state index is 12.9.